The van der Waals surface area contributed by atoms with E-state index >= 15 is 0 Å². The minimum absolute atomic E-state index is 0.120. The number of rotatable bonds is 22. The molecule has 3 rings (SSSR count). The van der Waals surface area contributed by atoms with Gasteiger partial charge in [-0.15, -0.1) is 0 Å². The second-order valence-corrected chi connectivity index (χ2v) is 13.9. The van der Waals surface area contributed by atoms with E-state index in [1.165, 1.54) is 97.0 Å². The van der Waals surface area contributed by atoms with Gasteiger partial charge in [-0.3, -0.25) is 4.79 Å². The summed E-state index contributed by atoms with van der Waals surface area (Å²) in [6, 6.07) is 8.18. The molecule has 3 N–H and O–H groups in total. The minimum Gasteiger partial charge on any atom is -0.465 e. The van der Waals surface area contributed by atoms with Crippen molar-refractivity contribution >= 4 is 18.0 Å². The fourth-order valence-electron chi connectivity index (χ4n) is 7.45. The molecule has 0 aromatic heterocycles. The Morgan fingerprint density at radius 3 is 1.86 bits per heavy atom. The first-order valence-corrected chi connectivity index (χ1v) is 19.2. The van der Waals surface area contributed by atoms with Crippen LogP contribution in [0.15, 0.2) is 52.9 Å². The number of benzene rings is 1. The Bertz CT molecular complexity index is 1260. The molecular weight excluding hydrogens is 616 g/mol. The molecule has 0 radical (unpaired) electrons. The highest BCUT2D eigenvalue weighted by molar-refractivity contribution is 5.98. The number of carbonyl (C=O) groups is 3. The molecule has 0 aliphatic carbocycles. The Balaban J connectivity index is 1.49. The smallest absolute Gasteiger partial charge is 0.462 e. The van der Waals surface area contributed by atoms with Crippen LogP contribution in [0.5, 0.6) is 0 Å². The average molecular weight is 682 g/mol. The van der Waals surface area contributed by atoms with Crippen molar-refractivity contribution in [3.05, 3.63) is 58.4 Å². The van der Waals surface area contributed by atoms with E-state index in [4.69, 9.17) is 15.3 Å². The summed E-state index contributed by atoms with van der Waals surface area (Å²) in [6.45, 7) is 9.42. The number of hydrogen-bond donors (Lipinski definition) is 2. The lowest BCUT2D eigenvalue weighted by Crippen LogP contribution is -2.62. The van der Waals surface area contributed by atoms with Crippen LogP contribution in [0.3, 0.4) is 0 Å². The zero-order chi connectivity index (χ0) is 35.6. The molecule has 1 saturated heterocycles. The Kier molecular flexibility index (Phi) is 17.2. The van der Waals surface area contributed by atoms with Gasteiger partial charge in [-0.1, -0.05) is 126 Å². The SMILES string of the molecule is CCCCCCCCCCCCCCCCCCNC(=O)O[N+]1(CC)C(C)=C(C2CCN2C(=O)c2ccccc2)C(C(=O)OC)=C(N)C1C. The zero-order valence-corrected chi connectivity index (χ0v) is 31.2. The van der Waals surface area contributed by atoms with Crippen molar-refractivity contribution in [3.63, 3.8) is 0 Å². The van der Waals surface area contributed by atoms with Gasteiger partial charge in [0.05, 0.1) is 30.0 Å². The molecule has 3 unspecified atom stereocenters. The molecule has 1 aromatic carbocycles. The fraction of sp³-hybridized carbons (Fsp3) is 0.675. The van der Waals surface area contributed by atoms with Gasteiger partial charge in [-0.05, 0) is 38.8 Å². The van der Waals surface area contributed by atoms with E-state index in [0.29, 0.717) is 48.6 Å². The summed E-state index contributed by atoms with van der Waals surface area (Å²) in [5, 5.41) is 2.95. The number of ether oxygens (including phenoxy) is 1. The minimum atomic E-state index is -0.556. The summed E-state index contributed by atoms with van der Waals surface area (Å²) in [5.41, 5.74) is 9.10. The van der Waals surface area contributed by atoms with E-state index in [1.54, 1.807) is 17.0 Å². The van der Waals surface area contributed by atoms with Crippen molar-refractivity contribution in [2.45, 2.75) is 149 Å². The Hall–Kier alpha value is -3.33. The van der Waals surface area contributed by atoms with Crippen LogP contribution in [0.1, 0.15) is 147 Å². The summed E-state index contributed by atoms with van der Waals surface area (Å²) in [5.74, 6) is -0.676. The molecule has 1 fully saturated rings. The quantitative estimate of drug-likeness (QED) is 0.0720. The maximum atomic E-state index is 13.5. The number of carbonyl (C=O) groups excluding carboxylic acids is 3. The number of hydrogen-bond acceptors (Lipinski definition) is 6. The first-order valence-electron chi connectivity index (χ1n) is 19.2. The van der Waals surface area contributed by atoms with E-state index < -0.39 is 24.1 Å². The molecule has 2 heterocycles. The Morgan fingerprint density at radius 2 is 1.39 bits per heavy atom. The van der Waals surface area contributed by atoms with E-state index in [1.807, 2.05) is 39.0 Å². The third-order valence-electron chi connectivity index (χ3n) is 10.6. The Labute approximate surface area is 296 Å². The van der Waals surface area contributed by atoms with E-state index in [0.717, 1.165) is 12.8 Å². The van der Waals surface area contributed by atoms with Gasteiger partial charge in [0.1, 0.15) is 6.54 Å². The van der Waals surface area contributed by atoms with Gasteiger partial charge in [-0.25, -0.2) is 14.4 Å². The highest BCUT2D eigenvalue weighted by Gasteiger charge is 2.53. The molecule has 2 aliphatic heterocycles. The molecule has 1 aromatic rings. The first kappa shape index (κ1) is 40.1. The summed E-state index contributed by atoms with van der Waals surface area (Å²) in [6.07, 6.45) is 20.9. The number of nitrogens with two attached hydrogens (primary N) is 1. The molecule has 9 nitrogen and oxygen atoms in total. The van der Waals surface area contributed by atoms with Crippen LogP contribution in [0.2, 0.25) is 0 Å². The molecule has 0 saturated carbocycles. The second-order valence-electron chi connectivity index (χ2n) is 13.9. The molecular formula is C40H65N4O5+. The number of allylic oxidation sites excluding steroid dienone is 1. The monoisotopic (exact) mass is 681 g/mol. The number of amides is 2. The maximum absolute atomic E-state index is 13.5. The number of quaternary nitrogens is 1. The van der Waals surface area contributed by atoms with E-state index in [-0.39, 0.29) is 16.1 Å². The number of esters is 1. The number of nitrogens with one attached hydrogen (secondary N) is 1. The van der Waals surface area contributed by atoms with Gasteiger partial charge in [0.2, 0.25) is 0 Å². The summed E-state index contributed by atoms with van der Waals surface area (Å²) in [4.78, 5) is 47.8. The molecule has 274 valence electrons. The summed E-state index contributed by atoms with van der Waals surface area (Å²) in [7, 11) is 1.33. The first-order chi connectivity index (χ1) is 23.7. The van der Waals surface area contributed by atoms with E-state index in [9.17, 15) is 14.4 Å². The molecule has 9 heteroatoms. The van der Waals surface area contributed by atoms with E-state index in [2.05, 4.69) is 12.2 Å². The third kappa shape index (κ3) is 10.8. The van der Waals surface area contributed by atoms with Crippen molar-refractivity contribution < 1.29 is 28.6 Å². The normalized spacial score (nSPS) is 20.6. The highest BCUT2D eigenvalue weighted by Crippen LogP contribution is 2.43. The lowest BCUT2D eigenvalue weighted by atomic mass is 9.82. The number of unbranched alkanes of at least 4 members (excludes halogenated alkanes) is 15. The zero-order valence-electron chi connectivity index (χ0n) is 31.2. The molecule has 3 atom stereocenters. The van der Waals surface area contributed by atoms with Crippen LogP contribution in [0.25, 0.3) is 0 Å². The van der Waals surface area contributed by atoms with Crippen molar-refractivity contribution in [1.82, 2.24) is 10.2 Å². The van der Waals surface area contributed by atoms with Gasteiger partial charge in [-0.2, -0.15) is 0 Å². The average Bonchev–Trinajstić information content (AvgIpc) is 3.10. The third-order valence-corrected chi connectivity index (χ3v) is 10.6. The van der Waals surface area contributed by atoms with Crippen LogP contribution < -0.4 is 11.1 Å². The molecule has 0 spiro atoms. The summed E-state index contributed by atoms with van der Waals surface area (Å²) < 4.78 is 4.99. The van der Waals surface area contributed by atoms with Crippen LogP contribution in [-0.4, -0.2) is 66.3 Å². The van der Waals surface area contributed by atoms with Gasteiger partial charge in [0, 0.05) is 25.6 Å². The van der Waals surface area contributed by atoms with Crippen LogP contribution in [0, 0.1) is 0 Å². The number of likely N-dealkylation sites (tertiary alicyclic amines) is 1. The molecule has 49 heavy (non-hydrogen) atoms. The predicted molar refractivity (Wildman–Crippen MR) is 196 cm³/mol. The van der Waals surface area contributed by atoms with Crippen molar-refractivity contribution in [1.29, 1.82) is 0 Å². The van der Waals surface area contributed by atoms with Crippen molar-refractivity contribution in [2.24, 2.45) is 5.73 Å². The van der Waals surface area contributed by atoms with Crippen molar-refractivity contribution in [3.8, 4) is 0 Å². The van der Waals surface area contributed by atoms with Gasteiger partial charge in [0.15, 0.2) is 11.7 Å². The highest BCUT2D eigenvalue weighted by atomic mass is 16.8. The number of methoxy groups -OCH3 is 1. The van der Waals surface area contributed by atoms with Gasteiger partial charge in [0.25, 0.3) is 5.91 Å². The van der Waals surface area contributed by atoms with Gasteiger partial charge < -0.3 is 20.7 Å². The number of likely N-dealkylation sites (N-methyl/N-ethyl adjacent to an activating group) is 1. The maximum Gasteiger partial charge on any atom is 0.462 e. The second kappa shape index (κ2) is 21.0. The standard InChI is InChI=1S/C40H64N4O5/c1-6-8-9-10-11-12-13-14-15-16-17-18-19-20-21-25-29-42-40(47)49-44(7-2)31(3)35(36(39(46)48-5)37(41)32(44)4)34-28-30-43(34)38(45)33-26-23-22-24-27-33/h22-24,26-27,32,34H,6-21,25,28-30H2,1-5H3,(H2-,41,42,46,47)/p+1. The van der Waals surface area contributed by atoms with Gasteiger partial charge >= 0.3 is 12.1 Å². The lowest BCUT2D eigenvalue weighted by molar-refractivity contribution is -1.07. The lowest BCUT2D eigenvalue weighted by Gasteiger charge is -2.48. The van der Waals surface area contributed by atoms with Crippen LogP contribution in [0.4, 0.5) is 4.79 Å². The largest absolute Gasteiger partial charge is 0.465 e. The Morgan fingerprint density at radius 1 is 0.857 bits per heavy atom. The number of hydroxylamine groups is 3. The van der Waals surface area contributed by atoms with Crippen LogP contribution in [-0.2, 0) is 14.4 Å². The molecule has 0 bridgehead atoms. The predicted octanol–water partition coefficient (Wildman–Crippen LogP) is 8.70. The van der Waals surface area contributed by atoms with Crippen molar-refractivity contribution in [2.75, 3.05) is 26.7 Å². The molecule has 2 amide bonds. The fourth-order valence-corrected chi connectivity index (χ4v) is 7.45. The molecule has 2 aliphatic rings. The summed E-state index contributed by atoms with van der Waals surface area (Å²) >= 11 is 0. The topological polar surface area (TPSA) is 111 Å². The van der Waals surface area contributed by atoms with Crippen LogP contribution >= 0.6 is 0 Å². The number of nitrogens with zero attached hydrogens (tertiary/aromatic N) is 2.